The third-order valence-electron chi connectivity index (χ3n) is 7.35. The first kappa shape index (κ1) is 25.9. The molecule has 0 aromatic rings. The molecule has 0 amide bonds. The normalized spacial score (nSPS) is 21.6. The molecule has 0 aromatic heterocycles. The van der Waals surface area contributed by atoms with Crippen LogP contribution in [0.4, 0.5) is 0 Å². The van der Waals surface area contributed by atoms with Crippen LogP contribution >= 0.6 is 0 Å². The molecule has 1 heterocycles. The second-order valence-corrected chi connectivity index (χ2v) is 11.4. The number of rotatable bonds is 13. The standard InChI is InChI=1S/C25H56N3/c1-7-8-9-10-11-12-13-14-15-16-17-18-19-28(6)24-22-26(2,3)20-21-27(4,5)23-25-28/h7-25H2,1-6H3/q+3. The van der Waals surface area contributed by atoms with Gasteiger partial charge in [0.1, 0.15) is 39.3 Å². The number of nitrogens with zero attached hydrogens (tertiary/aromatic N) is 3. The summed E-state index contributed by atoms with van der Waals surface area (Å²) < 4.78 is 3.67. The van der Waals surface area contributed by atoms with Crippen LogP contribution in [0, 0.1) is 0 Å². The molecule has 1 rings (SSSR count). The highest BCUT2D eigenvalue weighted by Crippen LogP contribution is 2.16. The van der Waals surface area contributed by atoms with Crippen molar-refractivity contribution in [1.82, 2.24) is 0 Å². The first-order chi connectivity index (χ1) is 13.2. The van der Waals surface area contributed by atoms with E-state index in [0.717, 1.165) is 0 Å². The molecule has 0 saturated carbocycles. The monoisotopic (exact) mass is 398 g/mol. The van der Waals surface area contributed by atoms with E-state index in [1.54, 1.807) is 0 Å². The summed E-state index contributed by atoms with van der Waals surface area (Å²) in [5, 5.41) is 0. The Morgan fingerprint density at radius 2 is 0.750 bits per heavy atom. The summed E-state index contributed by atoms with van der Waals surface area (Å²) in [6, 6.07) is 0. The van der Waals surface area contributed by atoms with Crippen molar-refractivity contribution < 1.29 is 13.4 Å². The van der Waals surface area contributed by atoms with E-state index < -0.39 is 0 Å². The quantitative estimate of drug-likeness (QED) is 0.292. The minimum atomic E-state index is 1.19. The van der Waals surface area contributed by atoms with Crippen molar-refractivity contribution in [3.8, 4) is 0 Å². The molecule has 3 heteroatoms. The van der Waals surface area contributed by atoms with Crippen molar-refractivity contribution in [2.75, 3.05) is 81.1 Å². The number of hydrogen-bond acceptors (Lipinski definition) is 0. The van der Waals surface area contributed by atoms with Crippen LogP contribution in [0.25, 0.3) is 0 Å². The highest BCUT2D eigenvalue weighted by Gasteiger charge is 2.33. The van der Waals surface area contributed by atoms with Crippen LogP contribution in [-0.2, 0) is 0 Å². The zero-order chi connectivity index (χ0) is 20.9. The van der Waals surface area contributed by atoms with E-state index in [2.05, 4.69) is 42.2 Å². The number of hydrogen-bond donors (Lipinski definition) is 0. The predicted molar refractivity (Wildman–Crippen MR) is 126 cm³/mol. The van der Waals surface area contributed by atoms with Gasteiger partial charge < -0.3 is 13.4 Å². The van der Waals surface area contributed by atoms with E-state index in [9.17, 15) is 0 Å². The van der Waals surface area contributed by atoms with Crippen LogP contribution in [0.5, 0.6) is 0 Å². The molecule has 168 valence electrons. The number of unbranched alkanes of at least 4 members (excludes halogenated alkanes) is 11. The van der Waals surface area contributed by atoms with Gasteiger partial charge in [0.15, 0.2) is 0 Å². The molecule has 0 unspecified atom stereocenters. The zero-order valence-corrected chi connectivity index (χ0v) is 20.8. The lowest BCUT2D eigenvalue weighted by atomic mass is 10.1. The average Bonchev–Trinajstić information content (AvgIpc) is 2.68. The van der Waals surface area contributed by atoms with Crippen LogP contribution in [0.3, 0.4) is 0 Å². The van der Waals surface area contributed by atoms with Gasteiger partial charge in [-0.1, -0.05) is 71.1 Å². The lowest BCUT2D eigenvalue weighted by Crippen LogP contribution is -2.54. The van der Waals surface area contributed by atoms with Crippen molar-refractivity contribution >= 4 is 0 Å². The Hall–Kier alpha value is -0.120. The molecule has 1 saturated heterocycles. The summed E-state index contributed by atoms with van der Waals surface area (Å²) >= 11 is 0. The first-order valence-corrected chi connectivity index (χ1v) is 12.7. The van der Waals surface area contributed by atoms with Crippen LogP contribution in [0.1, 0.15) is 84.0 Å². The molecule has 1 aliphatic rings. The van der Waals surface area contributed by atoms with Gasteiger partial charge in [0.2, 0.25) is 0 Å². The third kappa shape index (κ3) is 12.4. The Labute approximate surface area is 178 Å². The van der Waals surface area contributed by atoms with Gasteiger partial charge in [0.05, 0.1) is 41.8 Å². The summed E-state index contributed by atoms with van der Waals surface area (Å²) in [4.78, 5) is 0. The fourth-order valence-corrected chi connectivity index (χ4v) is 4.46. The molecule has 1 aliphatic heterocycles. The Morgan fingerprint density at radius 3 is 1.14 bits per heavy atom. The van der Waals surface area contributed by atoms with Crippen LogP contribution in [0.15, 0.2) is 0 Å². The van der Waals surface area contributed by atoms with Gasteiger partial charge in [-0.05, 0) is 12.8 Å². The number of quaternary nitrogens is 3. The SMILES string of the molecule is CCCCCCCCCCCCCC[N+]1(C)CC[N+](C)(C)CC[N+](C)(C)CC1. The van der Waals surface area contributed by atoms with E-state index in [-0.39, 0.29) is 0 Å². The molecular formula is C25H56N3+3. The van der Waals surface area contributed by atoms with Crippen molar-refractivity contribution in [3.63, 3.8) is 0 Å². The van der Waals surface area contributed by atoms with E-state index in [0.29, 0.717) is 0 Å². The maximum absolute atomic E-state index is 2.53. The second-order valence-electron chi connectivity index (χ2n) is 11.4. The molecule has 0 N–H and O–H groups in total. The Balaban J connectivity index is 2.16. The van der Waals surface area contributed by atoms with E-state index in [1.165, 1.54) is 136 Å². The number of likely N-dealkylation sites (N-methyl/N-ethyl adjacent to an activating group) is 3. The van der Waals surface area contributed by atoms with E-state index in [4.69, 9.17) is 0 Å². The Morgan fingerprint density at radius 1 is 0.429 bits per heavy atom. The van der Waals surface area contributed by atoms with Crippen LogP contribution < -0.4 is 0 Å². The largest absolute Gasteiger partial charge is 0.319 e. The smallest absolute Gasteiger partial charge is 0.128 e. The molecule has 0 aromatic carbocycles. The highest BCUT2D eigenvalue weighted by atomic mass is 15.4. The van der Waals surface area contributed by atoms with Gasteiger partial charge in [0.25, 0.3) is 0 Å². The van der Waals surface area contributed by atoms with Crippen molar-refractivity contribution in [2.24, 2.45) is 0 Å². The summed E-state index contributed by atoms with van der Waals surface area (Å²) in [6.45, 7) is 11.7. The van der Waals surface area contributed by atoms with Crippen LogP contribution in [-0.4, -0.2) is 94.5 Å². The van der Waals surface area contributed by atoms with Gasteiger partial charge in [-0.15, -0.1) is 0 Å². The lowest BCUT2D eigenvalue weighted by molar-refractivity contribution is -0.955. The maximum Gasteiger partial charge on any atom is 0.128 e. The molecule has 0 bridgehead atoms. The average molecular weight is 399 g/mol. The minimum Gasteiger partial charge on any atom is -0.319 e. The van der Waals surface area contributed by atoms with Gasteiger partial charge in [-0.2, -0.15) is 0 Å². The van der Waals surface area contributed by atoms with Gasteiger partial charge >= 0.3 is 0 Å². The fraction of sp³-hybridized carbons (Fsp3) is 1.00. The predicted octanol–water partition coefficient (Wildman–Crippen LogP) is 5.30. The van der Waals surface area contributed by atoms with Gasteiger partial charge in [0, 0.05) is 0 Å². The lowest BCUT2D eigenvalue weighted by Gasteiger charge is -2.37. The molecule has 0 atom stereocenters. The molecule has 28 heavy (non-hydrogen) atoms. The summed E-state index contributed by atoms with van der Waals surface area (Å²) in [7, 11) is 12.3. The first-order valence-electron chi connectivity index (χ1n) is 12.7. The Bertz CT molecular complexity index is 369. The fourth-order valence-electron chi connectivity index (χ4n) is 4.46. The Kier molecular flexibility index (Phi) is 12.3. The maximum atomic E-state index is 2.53. The second kappa shape index (κ2) is 13.2. The third-order valence-corrected chi connectivity index (χ3v) is 7.35. The molecule has 0 spiro atoms. The van der Waals surface area contributed by atoms with E-state index >= 15 is 0 Å². The summed E-state index contributed by atoms with van der Waals surface area (Å²) in [6.07, 6.45) is 17.4. The molecule has 0 radical (unpaired) electrons. The molecule has 1 fully saturated rings. The van der Waals surface area contributed by atoms with Crippen LogP contribution in [0.2, 0.25) is 0 Å². The van der Waals surface area contributed by atoms with Crippen molar-refractivity contribution in [3.05, 3.63) is 0 Å². The highest BCUT2D eigenvalue weighted by molar-refractivity contribution is 4.51. The van der Waals surface area contributed by atoms with Crippen molar-refractivity contribution in [2.45, 2.75) is 84.0 Å². The minimum absolute atomic E-state index is 1.19. The summed E-state index contributed by atoms with van der Waals surface area (Å²) in [5.74, 6) is 0. The topological polar surface area (TPSA) is 0 Å². The van der Waals surface area contributed by atoms with E-state index in [1.807, 2.05) is 0 Å². The van der Waals surface area contributed by atoms with Crippen molar-refractivity contribution in [1.29, 1.82) is 0 Å². The molecule has 3 nitrogen and oxygen atoms in total. The van der Waals surface area contributed by atoms with Gasteiger partial charge in [-0.25, -0.2) is 0 Å². The zero-order valence-electron chi connectivity index (χ0n) is 20.8. The molecule has 0 aliphatic carbocycles. The van der Waals surface area contributed by atoms with Gasteiger partial charge in [-0.3, -0.25) is 0 Å². The summed E-state index contributed by atoms with van der Waals surface area (Å²) in [5.41, 5.74) is 0. The molecular weight excluding hydrogens is 342 g/mol.